The van der Waals surface area contributed by atoms with E-state index in [-0.39, 0.29) is 16.6 Å². The molecule has 0 spiro atoms. The fourth-order valence-corrected chi connectivity index (χ4v) is 3.57. The van der Waals surface area contributed by atoms with Crippen LogP contribution >= 0.6 is 0 Å². The van der Waals surface area contributed by atoms with Crippen LogP contribution in [0.15, 0.2) is 53.3 Å². The average molecular weight is 425 g/mol. The van der Waals surface area contributed by atoms with E-state index < -0.39 is 11.2 Å². The number of rotatable bonds is 2. The van der Waals surface area contributed by atoms with Gasteiger partial charge in [-0.3, -0.25) is 4.79 Å². The minimum absolute atomic E-state index is 0.167. The van der Waals surface area contributed by atoms with Crippen LogP contribution in [0.1, 0.15) is 27.7 Å². The Labute approximate surface area is 185 Å². The number of hydrogen-bond acceptors (Lipinski definition) is 4. The topological polar surface area (TPSA) is 82.5 Å². The molecule has 5 nitrogen and oxygen atoms in total. The van der Waals surface area contributed by atoms with Crippen molar-refractivity contribution in [3.05, 3.63) is 58.8 Å². The molecule has 0 amide bonds. The fraction of sp³-hybridized carbons (Fsp3) is 0.222. The van der Waals surface area contributed by atoms with E-state index >= 15 is 0 Å². The summed E-state index contributed by atoms with van der Waals surface area (Å²) in [6, 6.07) is 14.6. The van der Waals surface area contributed by atoms with E-state index in [1.165, 1.54) is 6.07 Å². The molecule has 0 saturated carbocycles. The molecule has 160 valence electrons. The van der Waals surface area contributed by atoms with Gasteiger partial charge in [0, 0.05) is 12.1 Å². The maximum atomic E-state index is 13.3. The van der Waals surface area contributed by atoms with Gasteiger partial charge in [0.15, 0.2) is 5.60 Å². The second kappa shape index (κ2) is 7.64. The number of benzene rings is 3. The maximum Gasteiger partial charge on any atom is 0.201 e. The van der Waals surface area contributed by atoms with Gasteiger partial charge < -0.3 is 19.9 Å². The van der Waals surface area contributed by atoms with Crippen molar-refractivity contribution in [3.8, 4) is 35.2 Å². The molecule has 0 radical (unpaired) electrons. The zero-order valence-electron chi connectivity index (χ0n) is 18.3. The Kier molecular flexibility index (Phi) is 5.09. The smallest absolute Gasteiger partial charge is 0.201 e. The van der Waals surface area contributed by atoms with E-state index in [0.717, 1.165) is 10.8 Å². The van der Waals surface area contributed by atoms with Gasteiger partial charge >= 0.3 is 0 Å². The summed E-state index contributed by atoms with van der Waals surface area (Å²) in [5.41, 5.74) is -1.13. The van der Waals surface area contributed by atoms with Gasteiger partial charge in [0.1, 0.15) is 17.1 Å². The van der Waals surface area contributed by atoms with Crippen LogP contribution in [0.5, 0.6) is 11.5 Å². The van der Waals surface area contributed by atoms with E-state index in [1.807, 2.05) is 36.4 Å². The molecule has 0 bridgehead atoms. The summed E-state index contributed by atoms with van der Waals surface area (Å²) >= 11 is 0. The lowest BCUT2D eigenvalue weighted by molar-refractivity contribution is 0.143. The highest BCUT2D eigenvalue weighted by Crippen LogP contribution is 2.32. The Morgan fingerprint density at radius 1 is 0.906 bits per heavy atom. The molecule has 3 N–H and O–H groups in total. The number of ether oxygens (including phenoxy) is 1. The van der Waals surface area contributed by atoms with Crippen LogP contribution in [0.25, 0.3) is 32.6 Å². The summed E-state index contributed by atoms with van der Waals surface area (Å²) in [4.78, 5) is 16.5. The zero-order chi connectivity index (χ0) is 23.1. The largest absolute Gasteiger partial charge is 0.507 e. The predicted molar refractivity (Wildman–Crippen MR) is 128 cm³/mol. The molecule has 4 aromatic rings. The van der Waals surface area contributed by atoms with Crippen LogP contribution in [-0.4, -0.2) is 26.4 Å². The first-order valence-corrected chi connectivity index (χ1v) is 10.2. The summed E-state index contributed by atoms with van der Waals surface area (Å²) in [7, 11) is 0. The Morgan fingerprint density at radius 2 is 1.62 bits per heavy atom. The van der Waals surface area contributed by atoms with Crippen molar-refractivity contribution in [2.45, 2.75) is 38.9 Å². The van der Waals surface area contributed by atoms with E-state index in [2.05, 4.69) is 28.7 Å². The third-order valence-corrected chi connectivity index (χ3v) is 4.91. The number of fused-ring (bicyclic) bond motifs is 4. The highest BCUT2D eigenvalue weighted by atomic mass is 16.5. The second-order valence-electron chi connectivity index (χ2n) is 8.70. The molecule has 4 rings (SSSR count). The monoisotopic (exact) mass is 425 g/mol. The van der Waals surface area contributed by atoms with Crippen molar-refractivity contribution in [1.82, 2.24) is 4.98 Å². The maximum absolute atomic E-state index is 13.3. The van der Waals surface area contributed by atoms with Gasteiger partial charge in [-0.05, 0) is 62.3 Å². The number of aromatic nitrogens is 1. The van der Waals surface area contributed by atoms with E-state index in [9.17, 15) is 15.0 Å². The summed E-state index contributed by atoms with van der Waals surface area (Å²) < 4.78 is 5.96. The Morgan fingerprint density at radius 3 is 2.38 bits per heavy atom. The van der Waals surface area contributed by atoms with E-state index in [1.54, 1.807) is 33.8 Å². The molecule has 1 aromatic heterocycles. The number of aromatic hydroxyl groups is 1. The Bertz CT molecular complexity index is 1550. The van der Waals surface area contributed by atoms with Crippen LogP contribution < -0.4 is 10.2 Å². The number of nitrogens with one attached hydrogen (secondary N) is 1. The van der Waals surface area contributed by atoms with Gasteiger partial charge in [-0.25, -0.2) is 0 Å². The zero-order valence-corrected chi connectivity index (χ0v) is 18.3. The molecule has 0 aliphatic carbocycles. The molecular formula is C27H23NO4. The molecule has 0 unspecified atom stereocenters. The summed E-state index contributed by atoms with van der Waals surface area (Å²) in [6.07, 6.45) is 0. The molecule has 0 aliphatic heterocycles. The number of aromatic amines is 1. The predicted octanol–water partition coefficient (Wildman–Crippen LogP) is 4.48. The molecule has 0 fully saturated rings. The highest BCUT2D eigenvalue weighted by molar-refractivity contribution is 6.10. The van der Waals surface area contributed by atoms with Crippen molar-refractivity contribution < 1.29 is 14.9 Å². The summed E-state index contributed by atoms with van der Waals surface area (Å²) in [5, 5.41) is 22.9. The molecule has 1 heterocycles. The first kappa shape index (κ1) is 21.3. The van der Waals surface area contributed by atoms with Crippen molar-refractivity contribution >= 4 is 32.6 Å². The van der Waals surface area contributed by atoms with E-state index in [0.29, 0.717) is 22.2 Å². The molecule has 3 aromatic carbocycles. The number of H-pyrrole nitrogens is 1. The fourth-order valence-electron chi connectivity index (χ4n) is 3.57. The molecule has 0 saturated heterocycles. The quantitative estimate of drug-likeness (QED) is 0.251. The Hall–Kier alpha value is -3.93. The van der Waals surface area contributed by atoms with Gasteiger partial charge in [-0.2, -0.15) is 0 Å². The first-order valence-electron chi connectivity index (χ1n) is 10.2. The van der Waals surface area contributed by atoms with Crippen LogP contribution in [0, 0.1) is 23.7 Å². The second-order valence-corrected chi connectivity index (χ2v) is 8.70. The third kappa shape index (κ3) is 4.25. The third-order valence-electron chi connectivity index (χ3n) is 4.91. The molecule has 0 atom stereocenters. The van der Waals surface area contributed by atoms with Gasteiger partial charge in [0.25, 0.3) is 0 Å². The minimum Gasteiger partial charge on any atom is -0.507 e. The van der Waals surface area contributed by atoms with Gasteiger partial charge in [0.2, 0.25) is 5.43 Å². The van der Waals surface area contributed by atoms with Gasteiger partial charge in [-0.15, -0.1) is 0 Å². The number of pyridine rings is 1. The minimum atomic E-state index is -1.12. The number of phenols is 1. The van der Waals surface area contributed by atoms with Crippen molar-refractivity contribution in [1.29, 1.82) is 0 Å². The van der Waals surface area contributed by atoms with Gasteiger partial charge in [0.05, 0.1) is 21.8 Å². The van der Waals surface area contributed by atoms with Crippen LogP contribution in [0.3, 0.4) is 0 Å². The average Bonchev–Trinajstić information content (AvgIpc) is 2.69. The van der Waals surface area contributed by atoms with Gasteiger partial charge in [-0.1, -0.05) is 36.3 Å². The lowest BCUT2D eigenvalue weighted by atomic mass is 10.0. The van der Waals surface area contributed by atoms with Crippen molar-refractivity contribution in [3.63, 3.8) is 0 Å². The van der Waals surface area contributed by atoms with Crippen LogP contribution in [-0.2, 0) is 0 Å². The molecular weight excluding hydrogens is 402 g/mol. The van der Waals surface area contributed by atoms with E-state index in [4.69, 9.17) is 4.74 Å². The SMILES string of the molecule is CC(C)(O)C#CC#CC(C)(C)Oc1cc(O)c2c(=O)c3c(ccc4ccccc43)[nH]c2c1. The first-order chi connectivity index (χ1) is 15.0. The molecule has 5 heteroatoms. The van der Waals surface area contributed by atoms with Crippen molar-refractivity contribution in [2.75, 3.05) is 0 Å². The molecule has 0 aliphatic rings. The normalized spacial score (nSPS) is 11.7. The number of aliphatic hydroxyl groups is 1. The Balaban J connectivity index is 1.79. The number of phenolic OH excluding ortho intramolecular Hbond substituents is 1. The lowest BCUT2D eigenvalue weighted by Crippen LogP contribution is -2.25. The standard InChI is InChI=1S/C27H23NO4/c1-26(2,31)13-7-8-14-27(3,4)32-18-15-21-24(22(29)16-18)25(30)23-19-10-6-5-9-17(19)11-12-20(23)28-21/h5-6,9-12,15-16,29,31H,1-4H3,(H,28,30). The highest BCUT2D eigenvalue weighted by Gasteiger charge is 2.19. The van der Waals surface area contributed by atoms with Crippen LogP contribution in [0.4, 0.5) is 0 Å². The lowest BCUT2D eigenvalue weighted by Gasteiger charge is -2.20. The summed E-state index contributed by atoms with van der Waals surface area (Å²) in [5.74, 6) is 11.0. The number of hydrogen-bond donors (Lipinski definition) is 3. The molecule has 32 heavy (non-hydrogen) atoms. The summed E-state index contributed by atoms with van der Waals surface area (Å²) in [6.45, 7) is 6.69. The van der Waals surface area contributed by atoms with Crippen LogP contribution in [0.2, 0.25) is 0 Å². The van der Waals surface area contributed by atoms with Crippen molar-refractivity contribution in [2.24, 2.45) is 0 Å².